The van der Waals surface area contributed by atoms with Crippen LogP contribution >= 0.6 is 15.9 Å². The van der Waals surface area contributed by atoms with Gasteiger partial charge in [0.15, 0.2) is 5.76 Å². The molecule has 40 heavy (non-hydrogen) atoms. The van der Waals surface area contributed by atoms with Gasteiger partial charge in [0.05, 0.1) is 25.2 Å². The monoisotopic (exact) mass is 637 g/mol. The summed E-state index contributed by atoms with van der Waals surface area (Å²) < 4.78 is 45.8. The van der Waals surface area contributed by atoms with E-state index in [-0.39, 0.29) is 48.8 Å². The summed E-state index contributed by atoms with van der Waals surface area (Å²) in [6, 6.07) is 14.0. The van der Waals surface area contributed by atoms with Crippen molar-refractivity contribution in [2.75, 3.05) is 66.6 Å². The average Bonchev–Trinajstić information content (AvgIpc) is 2.97. The Bertz CT molecular complexity index is 1260. The molecule has 0 bridgehead atoms. The number of aliphatic hydroxyl groups is 1. The molecule has 2 aromatic carbocycles. The number of amides is 1. The van der Waals surface area contributed by atoms with E-state index < -0.39 is 16.3 Å². The van der Waals surface area contributed by atoms with Crippen LogP contribution in [0.4, 0.5) is 0 Å². The summed E-state index contributed by atoms with van der Waals surface area (Å²) in [5, 5.41) is 9.55. The summed E-state index contributed by atoms with van der Waals surface area (Å²) in [4.78, 5) is 17.4. The van der Waals surface area contributed by atoms with Crippen LogP contribution in [0.2, 0.25) is 0 Å². The van der Waals surface area contributed by atoms with Gasteiger partial charge in [-0.25, -0.2) is 8.42 Å². The number of hydrogen-bond donors (Lipinski definition) is 1. The molecule has 12 heteroatoms. The molecule has 0 aliphatic carbocycles. The van der Waals surface area contributed by atoms with Gasteiger partial charge in [-0.3, -0.25) is 4.79 Å². The predicted octanol–water partition coefficient (Wildman–Crippen LogP) is 2.65. The zero-order valence-corrected chi connectivity index (χ0v) is 25.1. The molecule has 2 aliphatic heterocycles. The molecule has 1 N–H and O–H groups in total. The molecule has 0 aromatic heterocycles. The average molecular weight is 639 g/mol. The van der Waals surface area contributed by atoms with Crippen LogP contribution in [0.3, 0.4) is 0 Å². The van der Waals surface area contributed by atoms with E-state index in [1.165, 1.54) is 23.5 Å². The van der Waals surface area contributed by atoms with E-state index in [2.05, 4.69) is 20.8 Å². The van der Waals surface area contributed by atoms with Crippen molar-refractivity contribution in [2.45, 2.75) is 23.5 Å². The third kappa shape index (κ3) is 7.62. The zero-order valence-electron chi connectivity index (χ0n) is 22.7. The highest BCUT2D eigenvalue weighted by molar-refractivity contribution is 9.10. The molecule has 2 heterocycles. The highest BCUT2D eigenvalue weighted by atomic mass is 79.9. The number of aliphatic hydroxyl groups excluding tert-OH is 1. The number of allylic oxidation sites excluding steroid dienone is 1. The number of hydrogen-bond acceptors (Lipinski definition) is 8. The standard InChI is InChI=1S/C28H36BrN3O7S/c1-30-11-13-31(14-12-30)28(34)26-19-22(21-3-5-23(29)6-4-21)20-27(39-26)38-18-16-32(15-17-33)40(35,36)25-9-7-24(37-2)8-10-25/h3-10,19,22,27,33H,11-18,20H2,1-2H3/t22-,27+/m1/s1. The third-order valence-corrected chi connectivity index (χ3v) is 9.49. The number of piperazine rings is 1. The van der Waals surface area contributed by atoms with E-state index in [0.29, 0.717) is 25.3 Å². The predicted molar refractivity (Wildman–Crippen MR) is 153 cm³/mol. The maximum Gasteiger partial charge on any atom is 0.288 e. The molecule has 2 aromatic rings. The maximum absolute atomic E-state index is 13.4. The normalized spacial score (nSPS) is 20.2. The Hall–Kier alpha value is -2.48. The lowest BCUT2D eigenvalue weighted by Gasteiger charge is -2.35. The van der Waals surface area contributed by atoms with Gasteiger partial charge in [-0.2, -0.15) is 4.31 Å². The van der Waals surface area contributed by atoms with Gasteiger partial charge in [-0.1, -0.05) is 28.1 Å². The minimum absolute atomic E-state index is 0.00316. The summed E-state index contributed by atoms with van der Waals surface area (Å²) in [7, 11) is -0.341. The van der Waals surface area contributed by atoms with Gasteiger partial charge in [0, 0.05) is 56.1 Å². The van der Waals surface area contributed by atoms with Crippen molar-refractivity contribution in [3.63, 3.8) is 0 Å². The Morgan fingerprint density at radius 2 is 1.75 bits per heavy atom. The highest BCUT2D eigenvalue weighted by Crippen LogP contribution is 2.33. The van der Waals surface area contributed by atoms with E-state index in [4.69, 9.17) is 14.2 Å². The van der Waals surface area contributed by atoms with Crippen molar-refractivity contribution >= 4 is 31.9 Å². The third-order valence-electron chi connectivity index (χ3n) is 7.05. The molecule has 2 atom stereocenters. The second-order valence-electron chi connectivity index (χ2n) is 9.74. The van der Waals surface area contributed by atoms with Crippen LogP contribution in [-0.4, -0.2) is 106 Å². The van der Waals surface area contributed by atoms with Crippen molar-refractivity contribution in [3.05, 3.63) is 70.4 Å². The lowest BCUT2D eigenvalue weighted by Crippen LogP contribution is -2.48. The van der Waals surface area contributed by atoms with Crippen molar-refractivity contribution in [2.24, 2.45) is 0 Å². The molecule has 0 radical (unpaired) electrons. The summed E-state index contributed by atoms with van der Waals surface area (Å²) in [5.74, 6) is 0.495. The van der Waals surface area contributed by atoms with Crippen LogP contribution in [0, 0.1) is 0 Å². The zero-order chi connectivity index (χ0) is 28.7. The Balaban J connectivity index is 1.46. The molecule has 4 rings (SSSR count). The number of likely N-dealkylation sites (N-methyl/N-ethyl adjacent to an activating group) is 1. The van der Waals surface area contributed by atoms with Crippen molar-refractivity contribution in [1.82, 2.24) is 14.1 Å². The van der Waals surface area contributed by atoms with E-state index >= 15 is 0 Å². The lowest BCUT2D eigenvalue weighted by molar-refractivity contribution is -0.153. The van der Waals surface area contributed by atoms with Gasteiger partial charge in [0.1, 0.15) is 5.75 Å². The maximum atomic E-state index is 13.4. The Labute approximate surface area is 244 Å². The summed E-state index contributed by atoms with van der Waals surface area (Å²) in [6.07, 6.45) is 1.58. The topological polar surface area (TPSA) is 109 Å². The van der Waals surface area contributed by atoms with Crippen LogP contribution in [-0.2, 0) is 24.3 Å². The van der Waals surface area contributed by atoms with Gasteiger partial charge in [0.25, 0.3) is 5.91 Å². The lowest BCUT2D eigenvalue weighted by atomic mass is 9.93. The molecule has 10 nitrogen and oxygen atoms in total. The van der Waals surface area contributed by atoms with Crippen molar-refractivity contribution in [1.29, 1.82) is 0 Å². The van der Waals surface area contributed by atoms with E-state index in [1.54, 1.807) is 17.0 Å². The molecule has 218 valence electrons. The molecule has 0 saturated carbocycles. The van der Waals surface area contributed by atoms with Gasteiger partial charge >= 0.3 is 0 Å². The second kappa shape index (κ2) is 13.9. The fraction of sp³-hybridized carbons (Fsp3) is 0.464. The van der Waals surface area contributed by atoms with Crippen molar-refractivity contribution in [3.8, 4) is 5.75 Å². The largest absolute Gasteiger partial charge is 0.497 e. The number of methoxy groups -OCH3 is 1. The second-order valence-corrected chi connectivity index (χ2v) is 12.6. The quantitative estimate of drug-likeness (QED) is 0.401. The van der Waals surface area contributed by atoms with Gasteiger partial charge in [0.2, 0.25) is 16.3 Å². The Kier molecular flexibility index (Phi) is 10.6. The number of sulfonamides is 1. The van der Waals surface area contributed by atoms with Crippen molar-refractivity contribution < 1.29 is 32.5 Å². The number of halogens is 1. The first-order valence-corrected chi connectivity index (χ1v) is 15.4. The van der Waals surface area contributed by atoms with Crippen LogP contribution in [0.15, 0.2) is 69.7 Å². The minimum Gasteiger partial charge on any atom is -0.497 e. The first-order valence-electron chi connectivity index (χ1n) is 13.2. The van der Waals surface area contributed by atoms with E-state index in [0.717, 1.165) is 23.1 Å². The summed E-state index contributed by atoms with van der Waals surface area (Å²) in [6.45, 7) is 2.40. The number of ether oxygens (including phenoxy) is 3. The molecular weight excluding hydrogens is 602 g/mol. The first kappa shape index (κ1) is 30.5. The number of nitrogens with zero attached hydrogens (tertiary/aromatic N) is 3. The minimum atomic E-state index is -3.88. The smallest absolute Gasteiger partial charge is 0.288 e. The number of benzene rings is 2. The summed E-state index contributed by atoms with van der Waals surface area (Å²) >= 11 is 3.47. The SMILES string of the molecule is COc1ccc(S(=O)(=O)N(CCO)CCO[C@@H]2C[C@H](c3ccc(Br)cc3)C=C(C(=O)N3CCN(C)CC3)O2)cc1. The van der Waals surface area contributed by atoms with Crippen LogP contribution in [0.1, 0.15) is 17.9 Å². The molecule has 1 fully saturated rings. The number of carbonyl (C=O) groups excluding carboxylic acids is 1. The highest BCUT2D eigenvalue weighted by Gasteiger charge is 2.32. The molecule has 2 aliphatic rings. The molecular formula is C28H36BrN3O7S. The number of carbonyl (C=O) groups is 1. The molecule has 0 spiro atoms. The molecule has 1 saturated heterocycles. The van der Waals surface area contributed by atoms with E-state index in [1.807, 2.05) is 37.4 Å². The molecule has 0 unspecified atom stereocenters. The Morgan fingerprint density at radius 1 is 1.07 bits per heavy atom. The fourth-order valence-corrected chi connectivity index (χ4v) is 6.34. The van der Waals surface area contributed by atoms with Crippen LogP contribution in [0.25, 0.3) is 0 Å². The van der Waals surface area contributed by atoms with Gasteiger partial charge < -0.3 is 29.1 Å². The Morgan fingerprint density at radius 3 is 2.38 bits per heavy atom. The van der Waals surface area contributed by atoms with Gasteiger partial charge in [-0.15, -0.1) is 0 Å². The van der Waals surface area contributed by atoms with Crippen LogP contribution in [0.5, 0.6) is 5.75 Å². The number of rotatable bonds is 11. The molecule has 1 amide bonds. The van der Waals surface area contributed by atoms with Gasteiger partial charge in [-0.05, 0) is 55.1 Å². The summed E-state index contributed by atoms with van der Waals surface area (Å²) in [5.41, 5.74) is 1.02. The first-order chi connectivity index (χ1) is 19.2. The van der Waals surface area contributed by atoms with Crippen LogP contribution < -0.4 is 4.74 Å². The fourth-order valence-electron chi connectivity index (χ4n) is 4.66. The van der Waals surface area contributed by atoms with E-state index in [9.17, 15) is 18.3 Å².